The average molecular weight is 296 g/mol. The van der Waals surface area contributed by atoms with Crippen LogP contribution >= 0.6 is 0 Å². The summed E-state index contributed by atoms with van der Waals surface area (Å²) in [7, 11) is -1.40. The summed E-state index contributed by atoms with van der Waals surface area (Å²) >= 11 is 0. The highest BCUT2D eigenvalue weighted by molar-refractivity contribution is 6.58. The van der Waals surface area contributed by atoms with Gasteiger partial charge in [0, 0.05) is 0 Å². The van der Waals surface area contributed by atoms with Gasteiger partial charge in [0.2, 0.25) is 0 Å². The van der Waals surface area contributed by atoms with Crippen LogP contribution in [0, 0.1) is 0 Å². The van der Waals surface area contributed by atoms with Crippen molar-refractivity contribution < 1.29 is 10.0 Å². The highest BCUT2D eigenvalue weighted by Gasteiger charge is 2.09. The van der Waals surface area contributed by atoms with E-state index >= 15 is 0 Å². The Bertz CT molecular complexity index is 547. The van der Waals surface area contributed by atoms with E-state index in [1.807, 2.05) is 12.1 Å². The van der Waals surface area contributed by atoms with E-state index < -0.39 is 7.12 Å². The topological polar surface area (TPSA) is 40.5 Å². The van der Waals surface area contributed by atoms with Crippen LogP contribution in [0.3, 0.4) is 0 Å². The van der Waals surface area contributed by atoms with E-state index in [1.54, 1.807) is 12.1 Å². The van der Waals surface area contributed by atoms with Crippen LogP contribution in [0.15, 0.2) is 48.5 Å². The van der Waals surface area contributed by atoms with E-state index in [9.17, 15) is 0 Å². The predicted octanol–water partition coefficient (Wildman–Crippen LogP) is 3.55. The van der Waals surface area contributed by atoms with Crippen molar-refractivity contribution in [3.8, 4) is 11.1 Å². The zero-order valence-electron chi connectivity index (χ0n) is 13.3. The zero-order chi connectivity index (χ0) is 15.8. The van der Waals surface area contributed by atoms with E-state index in [0.29, 0.717) is 5.46 Å². The normalized spacial score (nSPS) is 10.7. The molecule has 2 N–H and O–H groups in total. The SMILES string of the molecule is CCCCCCCc1ccc(-c2ccc(B(O)O)cc2)cc1. The third kappa shape index (κ3) is 5.01. The van der Waals surface area contributed by atoms with Crippen LogP contribution in [0.1, 0.15) is 44.6 Å². The molecule has 116 valence electrons. The van der Waals surface area contributed by atoms with Crippen LogP contribution in [0.2, 0.25) is 0 Å². The molecule has 0 unspecified atom stereocenters. The molecule has 0 heterocycles. The van der Waals surface area contributed by atoms with Crippen molar-refractivity contribution in [2.45, 2.75) is 45.4 Å². The molecule has 22 heavy (non-hydrogen) atoms. The molecule has 2 nitrogen and oxygen atoms in total. The van der Waals surface area contributed by atoms with Crippen molar-refractivity contribution in [3.05, 3.63) is 54.1 Å². The molecule has 0 aliphatic carbocycles. The first-order valence-corrected chi connectivity index (χ1v) is 8.26. The van der Waals surface area contributed by atoms with Gasteiger partial charge in [-0.05, 0) is 35.0 Å². The molecule has 0 fully saturated rings. The minimum atomic E-state index is -1.40. The van der Waals surface area contributed by atoms with Gasteiger partial charge in [-0.3, -0.25) is 0 Å². The Morgan fingerprint density at radius 1 is 0.727 bits per heavy atom. The van der Waals surface area contributed by atoms with E-state index in [-0.39, 0.29) is 0 Å². The molecule has 0 saturated heterocycles. The third-order valence-electron chi connectivity index (χ3n) is 4.07. The number of hydrogen-bond acceptors (Lipinski definition) is 2. The van der Waals surface area contributed by atoms with Crippen LogP contribution in [-0.4, -0.2) is 17.2 Å². The summed E-state index contributed by atoms with van der Waals surface area (Å²) in [5.41, 5.74) is 4.17. The van der Waals surface area contributed by atoms with E-state index in [1.165, 1.54) is 37.7 Å². The summed E-state index contributed by atoms with van der Waals surface area (Å²) in [6.45, 7) is 2.24. The number of benzene rings is 2. The van der Waals surface area contributed by atoms with Crippen LogP contribution in [0.25, 0.3) is 11.1 Å². The smallest absolute Gasteiger partial charge is 0.423 e. The fourth-order valence-electron chi connectivity index (χ4n) is 2.64. The molecule has 0 aliphatic rings. The number of unbranched alkanes of at least 4 members (excludes halogenated alkanes) is 4. The molecule has 0 spiro atoms. The molecule has 2 rings (SSSR count). The fraction of sp³-hybridized carbons (Fsp3) is 0.368. The van der Waals surface area contributed by atoms with Gasteiger partial charge < -0.3 is 10.0 Å². The molecule has 0 radical (unpaired) electrons. The van der Waals surface area contributed by atoms with E-state index in [2.05, 4.69) is 31.2 Å². The van der Waals surface area contributed by atoms with Crippen molar-refractivity contribution in [2.75, 3.05) is 0 Å². The Kier molecular flexibility index (Phi) is 6.69. The van der Waals surface area contributed by atoms with Gasteiger partial charge in [-0.25, -0.2) is 0 Å². The van der Waals surface area contributed by atoms with Crippen molar-refractivity contribution in [3.63, 3.8) is 0 Å². The minimum Gasteiger partial charge on any atom is -0.423 e. The van der Waals surface area contributed by atoms with E-state index in [4.69, 9.17) is 10.0 Å². The molecule has 0 atom stereocenters. The first-order chi connectivity index (χ1) is 10.7. The predicted molar refractivity (Wildman–Crippen MR) is 94.2 cm³/mol. The molecular formula is C19H25BO2. The summed E-state index contributed by atoms with van der Waals surface area (Å²) in [6.07, 6.45) is 7.72. The van der Waals surface area contributed by atoms with E-state index in [0.717, 1.165) is 17.5 Å². The summed E-state index contributed by atoms with van der Waals surface area (Å²) in [4.78, 5) is 0. The van der Waals surface area contributed by atoms with Crippen molar-refractivity contribution >= 4 is 12.6 Å². The summed E-state index contributed by atoms with van der Waals surface area (Å²) in [6, 6.07) is 16.0. The van der Waals surface area contributed by atoms with Gasteiger partial charge in [-0.2, -0.15) is 0 Å². The minimum absolute atomic E-state index is 0.521. The van der Waals surface area contributed by atoms with Gasteiger partial charge >= 0.3 is 7.12 Å². The molecule has 3 heteroatoms. The van der Waals surface area contributed by atoms with Gasteiger partial charge in [0.15, 0.2) is 0 Å². The van der Waals surface area contributed by atoms with Gasteiger partial charge in [0.25, 0.3) is 0 Å². The fourth-order valence-corrected chi connectivity index (χ4v) is 2.64. The maximum atomic E-state index is 9.11. The van der Waals surface area contributed by atoms with Gasteiger partial charge in [0.1, 0.15) is 0 Å². The van der Waals surface area contributed by atoms with Crippen LogP contribution in [0.4, 0.5) is 0 Å². The van der Waals surface area contributed by atoms with Crippen molar-refractivity contribution in [1.29, 1.82) is 0 Å². The van der Waals surface area contributed by atoms with Gasteiger partial charge in [-0.1, -0.05) is 81.1 Å². The van der Waals surface area contributed by atoms with Crippen molar-refractivity contribution in [2.24, 2.45) is 0 Å². The maximum absolute atomic E-state index is 9.11. The standard InChI is InChI=1S/C19H25BO2/c1-2-3-4-5-6-7-16-8-10-17(11-9-16)18-12-14-19(15-13-18)20(21)22/h8-15,21-22H,2-7H2,1H3. The quantitative estimate of drug-likeness (QED) is 0.578. The Labute approximate surface area is 134 Å². The largest absolute Gasteiger partial charge is 0.488 e. The Morgan fingerprint density at radius 2 is 1.27 bits per heavy atom. The highest BCUT2D eigenvalue weighted by atomic mass is 16.4. The lowest BCUT2D eigenvalue weighted by Crippen LogP contribution is -2.29. The molecule has 0 aliphatic heterocycles. The highest BCUT2D eigenvalue weighted by Crippen LogP contribution is 2.20. The second kappa shape index (κ2) is 8.77. The Morgan fingerprint density at radius 3 is 1.82 bits per heavy atom. The molecule has 0 saturated carbocycles. The molecule has 2 aromatic carbocycles. The molecule has 0 bridgehead atoms. The molecule has 0 aromatic heterocycles. The first kappa shape index (κ1) is 16.8. The third-order valence-corrected chi connectivity index (χ3v) is 4.07. The Balaban J connectivity index is 1.91. The lowest BCUT2D eigenvalue weighted by molar-refractivity contribution is 0.426. The average Bonchev–Trinajstić information content (AvgIpc) is 2.55. The summed E-state index contributed by atoms with van der Waals surface area (Å²) in [5, 5.41) is 18.2. The summed E-state index contributed by atoms with van der Waals surface area (Å²) in [5.74, 6) is 0. The number of rotatable bonds is 8. The second-order valence-corrected chi connectivity index (χ2v) is 5.86. The van der Waals surface area contributed by atoms with Gasteiger partial charge in [-0.15, -0.1) is 0 Å². The monoisotopic (exact) mass is 296 g/mol. The molecular weight excluding hydrogens is 271 g/mol. The molecule has 2 aromatic rings. The van der Waals surface area contributed by atoms with Crippen LogP contribution < -0.4 is 5.46 Å². The van der Waals surface area contributed by atoms with Crippen LogP contribution in [-0.2, 0) is 6.42 Å². The van der Waals surface area contributed by atoms with Crippen LogP contribution in [0.5, 0.6) is 0 Å². The molecule has 0 amide bonds. The maximum Gasteiger partial charge on any atom is 0.488 e. The summed E-state index contributed by atoms with van der Waals surface area (Å²) < 4.78 is 0. The lowest BCUT2D eigenvalue weighted by Gasteiger charge is -2.06. The Hall–Kier alpha value is -1.58. The first-order valence-electron chi connectivity index (χ1n) is 8.26. The number of aryl methyl sites for hydroxylation is 1. The van der Waals surface area contributed by atoms with Crippen molar-refractivity contribution in [1.82, 2.24) is 0 Å². The number of hydrogen-bond donors (Lipinski definition) is 2. The second-order valence-electron chi connectivity index (χ2n) is 5.86. The lowest BCUT2D eigenvalue weighted by atomic mass is 9.80. The van der Waals surface area contributed by atoms with Gasteiger partial charge in [0.05, 0.1) is 0 Å². The zero-order valence-corrected chi connectivity index (χ0v) is 13.3.